The highest BCUT2D eigenvalue weighted by molar-refractivity contribution is 6.33. The lowest BCUT2D eigenvalue weighted by Crippen LogP contribution is -2.39. The van der Waals surface area contributed by atoms with Gasteiger partial charge < -0.3 is 20.3 Å². The summed E-state index contributed by atoms with van der Waals surface area (Å²) in [7, 11) is 0. The van der Waals surface area contributed by atoms with E-state index in [0.29, 0.717) is 41.5 Å². The number of rotatable bonds is 7. The van der Waals surface area contributed by atoms with Crippen LogP contribution in [0.3, 0.4) is 0 Å². The van der Waals surface area contributed by atoms with Crippen molar-refractivity contribution in [2.45, 2.75) is 6.42 Å². The molecule has 10 heteroatoms. The molecule has 2 heterocycles. The van der Waals surface area contributed by atoms with Gasteiger partial charge in [0, 0.05) is 19.3 Å². The van der Waals surface area contributed by atoms with Crippen molar-refractivity contribution in [2.75, 3.05) is 28.6 Å². The number of amides is 3. The van der Waals surface area contributed by atoms with Crippen molar-refractivity contribution >= 4 is 40.6 Å². The summed E-state index contributed by atoms with van der Waals surface area (Å²) in [6.45, 7) is 1.37. The molecule has 0 radical (unpaired) electrons. The average Bonchev–Trinajstić information content (AvgIpc) is 2.91. The van der Waals surface area contributed by atoms with Crippen molar-refractivity contribution < 1.29 is 19.5 Å². The van der Waals surface area contributed by atoms with Gasteiger partial charge in [0.15, 0.2) is 11.5 Å². The molecule has 0 unspecified atom stereocenters. The Hall–Kier alpha value is -4.60. The van der Waals surface area contributed by atoms with Crippen LogP contribution in [0.4, 0.5) is 21.9 Å². The van der Waals surface area contributed by atoms with E-state index in [1.54, 1.807) is 54.1 Å². The van der Waals surface area contributed by atoms with Gasteiger partial charge in [-0.2, -0.15) is 0 Å². The summed E-state index contributed by atoms with van der Waals surface area (Å²) in [4.78, 5) is 31.6. The number of anilines is 3. The molecule has 1 aliphatic rings. The number of hydroxylamine groups is 1. The van der Waals surface area contributed by atoms with E-state index in [1.807, 2.05) is 35.2 Å². The zero-order valence-corrected chi connectivity index (χ0v) is 20.9. The minimum Gasteiger partial charge on any atom is -0.451 e. The Balaban J connectivity index is 1.55. The zero-order chi connectivity index (χ0) is 26.5. The first kappa shape index (κ1) is 25.1. The standard InChI is InChI=1S/C28H24ClN5O4/c29-21-16-20(18-8-2-1-3-9-18)24(27(35)33-37)25(34-14-7-15-34)26(21)38-23-12-5-4-11-22(23)32-28(36)31-19-10-6-13-30-17-19/h1-6,8-13,16-17,37H,7,14-15H2,(H,33,35)(H2,31,32,36). The lowest BCUT2D eigenvalue weighted by molar-refractivity contribution is 0.0707. The molecule has 1 aliphatic heterocycles. The Kier molecular flexibility index (Phi) is 7.39. The third kappa shape index (κ3) is 5.24. The molecule has 4 aromatic rings. The Bertz CT molecular complexity index is 1460. The number of aromatic nitrogens is 1. The first-order chi connectivity index (χ1) is 18.5. The van der Waals surface area contributed by atoms with Crippen LogP contribution in [0, 0.1) is 0 Å². The van der Waals surface area contributed by atoms with Gasteiger partial charge in [-0.05, 0) is 47.9 Å². The highest BCUT2D eigenvalue weighted by Crippen LogP contribution is 2.48. The van der Waals surface area contributed by atoms with Crippen molar-refractivity contribution in [1.82, 2.24) is 10.5 Å². The van der Waals surface area contributed by atoms with Gasteiger partial charge in [0.05, 0.1) is 33.8 Å². The molecule has 9 nitrogen and oxygen atoms in total. The van der Waals surface area contributed by atoms with E-state index in [2.05, 4.69) is 15.6 Å². The first-order valence-corrected chi connectivity index (χ1v) is 12.3. The molecule has 0 atom stereocenters. The quantitative estimate of drug-likeness (QED) is 0.168. The van der Waals surface area contributed by atoms with Crippen LogP contribution in [0.15, 0.2) is 85.2 Å². The second-order valence-electron chi connectivity index (χ2n) is 8.53. The number of ether oxygens (including phenoxy) is 1. The van der Waals surface area contributed by atoms with E-state index in [-0.39, 0.29) is 16.3 Å². The van der Waals surface area contributed by atoms with Gasteiger partial charge in [-0.1, -0.05) is 54.1 Å². The normalized spacial score (nSPS) is 12.3. The fourth-order valence-electron chi connectivity index (χ4n) is 4.18. The Morgan fingerprint density at radius 2 is 1.74 bits per heavy atom. The summed E-state index contributed by atoms with van der Waals surface area (Å²) < 4.78 is 6.32. The molecule has 0 bridgehead atoms. The topological polar surface area (TPSA) is 116 Å². The summed E-state index contributed by atoms with van der Waals surface area (Å²) in [5.74, 6) is -0.124. The maximum Gasteiger partial charge on any atom is 0.323 e. The molecule has 0 aliphatic carbocycles. The van der Waals surface area contributed by atoms with Crippen molar-refractivity contribution in [1.29, 1.82) is 0 Å². The number of nitrogens with zero attached hydrogens (tertiary/aromatic N) is 2. The number of hydrogen-bond donors (Lipinski definition) is 4. The van der Waals surface area contributed by atoms with Crippen molar-refractivity contribution in [2.24, 2.45) is 0 Å². The van der Waals surface area contributed by atoms with Crippen LogP contribution < -0.4 is 25.8 Å². The van der Waals surface area contributed by atoms with Crippen LogP contribution in [0.2, 0.25) is 5.02 Å². The zero-order valence-electron chi connectivity index (χ0n) is 20.1. The number of nitrogens with one attached hydrogen (secondary N) is 3. The van der Waals surface area contributed by atoms with E-state index in [4.69, 9.17) is 16.3 Å². The molecule has 3 aromatic carbocycles. The molecular weight excluding hydrogens is 506 g/mol. The van der Waals surface area contributed by atoms with Crippen LogP contribution in [0.1, 0.15) is 16.8 Å². The van der Waals surface area contributed by atoms with Gasteiger partial charge in [0.25, 0.3) is 5.91 Å². The molecule has 3 amide bonds. The fraction of sp³-hybridized carbons (Fsp3) is 0.107. The van der Waals surface area contributed by atoms with E-state index >= 15 is 0 Å². The molecular formula is C28H24ClN5O4. The number of halogens is 1. The third-order valence-electron chi connectivity index (χ3n) is 6.06. The average molecular weight is 530 g/mol. The first-order valence-electron chi connectivity index (χ1n) is 11.9. The van der Waals surface area contributed by atoms with Crippen LogP contribution >= 0.6 is 11.6 Å². The van der Waals surface area contributed by atoms with E-state index < -0.39 is 11.9 Å². The molecule has 4 N–H and O–H groups in total. The lowest BCUT2D eigenvalue weighted by atomic mass is 9.95. The summed E-state index contributed by atoms with van der Waals surface area (Å²) in [5.41, 5.74) is 4.70. The minimum atomic E-state index is -0.686. The Labute approximate surface area is 224 Å². The Morgan fingerprint density at radius 1 is 0.974 bits per heavy atom. The van der Waals surface area contributed by atoms with E-state index in [1.165, 1.54) is 6.20 Å². The molecule has 1 fully saturated rings. The molecule has 38 heavy (non-hydrogen) atoms. The second kappa shape index (κ2) is 11.2. The van der Waals surface area contributed by atoms with Crippen molar-refractivity contribution in [3.8, 4) is 22.6 Å². The number of pyridine rings is 1. The Morgan fingerprint density at radius 3 is 2.42 bits per heavy atom. The molecule has 5 rings (SSSR count). The van der Waals surface area contributed by atoms with Crippen molar-refractivity contribution in [3.05, 3.63) is 95.8 Å². The summed E-state index contributed by atoms with van der Waals surface area (Å²) in [6.07, 6.45) is 4.07. The molecule has 0 saturated carbocycles. The molecule has 1 saturated heterocycles. The van der Waals surface area contributed by atoms with E-state index in [9.17, 15) is 14.8 Å². The van der Waals surface area contributed by atoms with Crippen LogP contribution in [-0.4, -0.2) is 35.2 Å². The number of urea groups is 1. The predicted octanol–water partition coefficient (Wildman–Crippen LogP) is 6.17. The molecule has 0 spiro atoms. The lowest BCUT2D eigenvalue weighted by Gasteiger charge is -2.36. The van der Waals surface area contributed by atoms with Gasteiger partial charge in [-0.15, -0.1) is 0 Å². The fourth-order valence-corrected chi connectivity index (χ4v) is 4.42. The predicted molar refractivity (Wildman–Crippen MR) is 146 cm³/mol. The van der Waals surface area contributed by atoms with E-state index in [0.717, 1.165) is 12.0 Å². The van der Waals surface area contributed by atoms with Crippen molar-refractivity contribution in [3.63, 3.8) is 0 Å². The van der Waals surface area contributed by atoms with Gasteiger partial charge in [-0.3, -0.25) is 15.0 Å². The number of hydrogen-bond acceptors (Lipinski definition) is 6. The number of para-hydroxylation sites is 2. The second-order valence-corrected chi connectivity index (χ2v) is 8.93. The molecule has 192 valence electrons. The third-order valence-corrected chi connectivity index (χ3v) is 6.34. The van der Waals surface area contributed by atoms with Gasteiger partial charge >= 0.3 is 6.03 Å². The maximum atomic E-state index is 13.0. The highest BCUT2D eigenvalue weighted by Gasteiger charge is 2.31. The highest BCUT2D eigenvalue weighted by atomic mass is 35.5. The van der Waals surface area contributed by atoms with Crippen LogP contribution in [-0.2, 0) is 0 Å². The monoisotopic (exact) mass is 529 g/mol. The van der Waals surface area contributed by atoms with Crippen LogP contribution in [0.25, 0.3) is 11.1 Å². The van der Waals surface area contributed by atoms with Gasteiger partial charge in [0.1, 0.15) is 0 Å². The number of benzene rings is 3. The minimum absolute atomic E-state index is 0.234. The largest absolute Gasteiger partial charge is 0.451 e. The number of carbonyl (C=O) groups is 2. The SMILES string of the molecule is O=C(Nc1cccnc1)Nc1ccccc1Oc1c(Cl)cc(-c2ccccc2)c(C(=O)NO)c1N1CCC1. The smallest absolute Gasteiger partial charge is 0.323 e. The number of carbonyl (C=O) groups excluding carboxylic acids is 2. The van der Waals surface area contributed by atoms with Gasteiger partial charge in [0.2, 0.25) is 0 Å². The van der Waals surface area contributed by atoms with Crippen LogP contribution in [0.5, 0.6) is 11.5 Å². The summed E-state index contributed by atoms with van der Waals surface area (Å²) >= 11 is 6.79. The molecule has 1 aromatic heterocycles. The summed E-state index contributed by atoms with van der Waals surface area (Å²) in [5, 5.41) is 15.4. The summed E-state index contributed by atoms with van der Waals surface area (Å²) in [6, 6.07) is 20.8. The maximum absolute atomic E-state index is 13.0. The van der Waals surface area contributed by atoms with Gasteiger partial charge in [-0.25, -0.2) is 10.3 Å².